The van der Waals surface area contributed by atoms with Gasteiger partial charge in [0.2, 0.25) is 0 Å². The zero-order valence-electron chi connectivity index (χ0n) is 46.9. The Bertz CT molecular complexity index is 1060. The molecule has 0 fully saturated rings. The number of esters is 3. The van der Waals surface area contributed by atoms with E-state index in [1.807, 2.05) is 0 Å². The number of unbranched alkanes of at least 4 members (excludes halogenated alkanes) is 37. The van der Waals surface area contributed by atoms with Crippen LogP contribution < -0.4 is 0 Å². The summed E-state index contributed by atoms with van der Waals surface area (Å²) in [5.74, 6) is 1.73. The summed E-state index contributed by atoms with van der Waals surface area (Å²) >= 11 is 0. The molecule has 0 rings (SSSR count). The standard InChI is InChI=1S/C62H120O6/c1-7-58(6)50-44-38-32-26-22-23-29-35-41-47-53-62(65)68-59(55-67-61(64)52-46-40-34-28-21-17-13-12-15-19-25-31-37-43-49-57(4)5)54-66-60(63)51-45-39-33-27-20-16-11-9-8-10-14-18-24-30-36-42-48-56(2)3/h56-59H,7-55H2,1-6H3/t58?,59-/m1/s1. The zero-order chi connectivity index (χ0) is 49.8. The van der Waals surface area contributed by atoms with Crippen LogP contribution in [0.2, 0.25) is 0 Å². The number of rotatable bonds is 55. The van der Waals surface area contributed by atoms with Crippen LogP contribution in [0, 0.1) is 17.8 Å². The van der Waals surface area contributed by atoms with Gasteiger partial charge in [-0.1, -0.05) is 305 Å². The minimum atomic E-state index is -0.764. The number of carbonyl (C=O) groups excluding carboxylic acids is 3. The molecule has 0 saturated carbocycles. The van der Waals surface area contributed by atoms with E-state index in [4.69, 9.17) is 14.2 Å². The first-order chi connectivity index (χ1) is 33.1. The molecule has 0 aromatic rings. The Balaban J connectivity index is 4.28. The predicted octanol–water partition coefficient (Wildman–Crippen LogP) is 20.3. The third-order valence-electron chi connectivity index (χ3n) is 14.5. The fraction of sp³-hybridized carbons (Fsp3) is 0.952. The van der Waals surface area contributed by atoms with Crippen molar-refractivity contribution >= 4 is 17.9 Å². The van der Waals surface area contributed by atoms with E-state index < -0.39 is 6.10 Å². The number of carbonyl (C=O) groups is 3. The first kappa shape index (κ1) is 66.4. The molecule has 6 nitrogen and oxygen atoms in total. The molecule has 1 unspecified atom stereocenters. The lowest BCUT2D eigenvalue weighted by atomic mass is 9.99. The molecule has 68 heavy (non-hydrogen) atoms. The molecule has 6 heteroatoms. The van der Waals surface area contributed by atoms with Gasteiger partial charge in [0.05, 0.1) is 0 Å². The SMILES string of the molecule is CCC(C)CCCCCCCCCCCCC(=O)O[C@H](COC(=O)CCCCCCCCCCCCCCCCCCC(C)C)COC(=O)CCCCCCCCCCCCCCCCC(C)C. The summed E-state index contributed by atoms with van der Waals surface area (Å²) in [6.45, 7) is 13.8. The molecule has 0 aromatic heterocycles. The quantitative estimate of drug-likeness (QED) is 0.0343. The van der Waals surface area contributed by atoms with Crippen molar-refractivity contribution in [2.45, 2.75) is 349 Å². The monoisotopic (exact) mass is 961 g/mol. The summed E-state index contributed by atoms with van der Waals surface area (Å²) in [5, 5.41) is 0. The average Bonchev–Trinajstić information content (AvgIpc) is 3.31. The summed E-state index contributed by atoms with van der Waals surface area (Å²) in [4.78, 5) is 38.2. The van der Waals surface area contributed by atoms with Crippen LogP contribution in [0.5, 0.6) is 0 Å². The zero-order valence-corrected chi connectivity index (χ0v) is 46.9. The van der Waals surface area contributed by atoms with Gasteiger partial charge < -0.3 is 14.2 Å². The Kier molecular flexibility index (Phi) is 52.0. The second-order valence-electron chi connectivity index (χ2n) is 22.5. The molecule has 2 atom stereocenters. The second-order valence-corrected chi connectivity index (χ2v) is 22.5. The molecular formula is C62H120O6. The number of ether oxygens (including phenoxy) is 3. The molecule has 0 aromatic carbocycles. The van der Waals surface area contributed by atoms with Crippen molar-refractivity contribution in [3.05, 3.63) is 0 Å². The van der Waals surface area contributed by atoms with E-state index in [0.717, 1.165) is 75.5 Å². The molecule has 0 spiro atoms. The lowest BCUT2D eigenvalue weighted by Crippen LogP contribution is -2.30. The van der Waals surface area contributed by atoms with Gasteiger partial charge in [-0.2, -0.15) is 0 Å². The average molecular weight is 962 g/mol. The van der Waals surface area contributed by atoms with Crippen LogP contribution in [0.1, 0.15) is 343 Å². The molecule has 0 radical (unpaired) electrons. The van der Waals surface area contributed by atoms with Crippen LogP contribution in [0.3, 0.4) is 0 Å². The summed E-state index contributed by atoms with van der Waals surface area (Å²) in [6.07, 6.45) is 56.6. The first-order valence-corrected chi connectivity index (χ1v) is 30.6. The molecular weight excluding hydrogens is 841 g/mol. The maximum absolute atomic E-state index is 12.9. The van der Waals surface area contributed by atoms with Gasteiger partial charge in [-0.3, -0.25) is 14.4 Å². The van der Waals surface area contributed by atoms with Crippen molar-refractivity contribution in [3.8, 4) is 0 Å². The van der Waals surface area contributed by atoms with Gasteiger partial charge in [0.15, 0.2) is 6.10 Å². The van der Waals surface area contributed by atoms with Crippen LogP contribution in [0.15, 0.2) is 0 Å². The first-order valence-electron chi connectivity index (χ1n) is 30.6. The van der Waals surface area contributed by atoms with Gasteiger partial charge in [0.1, 0.15) is 13.2 Å². The van der Waals surface area contributed by atoms with Gasteiger partial charge in [0.25, 0.3) is 0 Å². The van der Waals surface area contributed by atoms with Crippen molar-refractivity contribution in [3.63, 3.8) is 0 Å². The predicted molar refractivity (Wildman–Crippen MR) is 293 cm³/mol. The summed E-state index contributed by atoms with van der Waals surface area (Å²) in [6, 6.07) is 0. The van der Waals surface area contributed by atoms with E-state index in [1.165, 1.54) is 225 Å². The van der Waals surface area contributed by atoms with E-state index >= 15 is 0 Å². The van der Waals surface area contributed by atoms with E-state index in [2.05, 4.69) is 41.5 Å². The van der Waals surface area contributed by atoms with Crippen molar-refractivity contribution in [2.75, 3.05) is 13.2 Å². The third-order valence-corrected chi connectivity index (χ3v) is 14.5. The highest BCUT2D eigenvalue weighted by molar-refractivity contribution is 5.71. The normalized spacial score (nSPS) is 12.5. The molecule has 0 N–H and O–H groups in total. The second kappa shape index (κ2) is 53.2. The van der Waals surface area contributed by atoms with Gasteiger partial charge in [-0.05, 0) is 37.0 Å². The van der Waals surface area contributed by atoms with Gasteiger partial charge in [-0.25, -0.2) is 0 Å². The topological polar surface area (TPSA) is 78.9 Å². The highest BCUT2D eigenvalue weighted by Gasteiger charge is 2.19. The Hall–Kier alpha value is -1.59. The molecule has 0 saturated heterocycles. The van der Waals surface area contributed by atoms with Crippen molar-refractivity contribution < 1.29 is 28.6 Å². The molecule has 0 amide bonds. The van der Waals surface area contributed by atoms with Crippen LogP contribution >= 0.6 is 0 Å². The fourth-order valence-electron chi connectivity index (χ4n) is 9.50. The summed E-state index contributed by atoms with van der Waals surface area (Å²) in [5.41, 5.74) is 0. The van der Waals surface area contributed by atoms with Crippen LogP contribution in [0.4, 0.5) is 0 Å². The van der Waals surface area contributed by atoms with Crippen LogP contribution in [0.25, 0.3) is 0 Å². The maximum Gasteiger partial charge on any atom is 0.306 e. The Morgan fingerprint density at radius 2 is 0.515 bits per heavy atom. The Labute approximate surface area is 425 Å². The van der Waals surface area contributed by atoms with Crippen LogP contribution in [-0.4, -0.2) is 37.2 Å². The maximum atomic E-state index is 12.9. The lowest BCUT2D eigenvalue weighted by molar-refractivity contribution is -0.167. The van der Waals surface area contributed by atoms with Crippen molar-refractivity contribution in [2.24, 2.45) is 17.8 Å². The van der Waals surface area contributed by atoms with Gasteiger partial charge >= 0.3 is 17.9 Å². The molecule has 0 aliphatic heterocycles. The summed E-state index contributed by atoms with van der Waals surface area (Å²) < 4.78 is 16.9. The molecule has 0 aliphatic carbocycles. The smallest absolute Gasteiger partial charge is 0.306 e. The molecule has 0 bridgehead atoms. The highest BCUT2D eigenvalue weighted by Crippen LogP contribution is 2.19. The lowest BCUT2D eigenvalue weighted by Gasteiger charge is -2.18. The minimum Gasteiger partial charge on any atom is -0.462 e. The third kappa shape index (κ3) is 53.8. The molecule has 0 aliphatic rings. The van der Waals surface area contributed by atoms with Gasteiger partial charge in [-0.15, -0.1) is 0 Å². The fourth-order valence-corrected chi connectivity index (χ4v) is 9.50. The number of hydrogen-bond acceptors (Lipinski definition) is 6. The van der Waals surface area contributed by atoms with E-state index in [1.54, 1.807) is 0 Å². The van der Waals surface area contributed by atoms with Crippen LogP contribution in [-0.2, 0) is 28.6 Å². The van der Waals surface area contributed by atoms with E-state index in [0.29, 0.717) is 19.3 Å². The Morgan fingerprint density at radius 1 is 0.294 bits per heavy atom. The molecule has 404 valence electrons. The largest absolute Gasteiger partial charge is 0.462 e. The van der Waals surface area contributed by atoms with Gasteiger partial charge in [0, 0.05) is 19.3 Å². The van der Waals surface area contributed by atoms with E-state index in [9.17, 15) is 14.4 Å². The van der Waals surface area contributed by atoms with E-state index in [-0.39, 0.29) is 31.1 Å². The number of hydrogen-bond donors (Lipinski definition) is 0. The molecule has 0 heterocycles. The minimum absolute atomic E-state index is 0.0631. The highest BCUT2D eigenvalue weighted by atomic mass is 16.6. The van der Waals surface area contributed by atoms with Crippen molar-refractivity contribution in [1.82, 2.24) is 0 Å². The summed E-state index contributed by atoms with van der Waals surface area (Å²) in [7, 11) is 0. The Morgan fingerprint density at radius 3 is 0.765 bits per heavy atom. The van der Waals surface area contributed by atoms with Crippen molar-refractivity contribution in [1.29, 1.82) is 0 Å².